The molecule has 0 unspecified atom stereocenters. The average molecular weight is 478 g/mol. The van der Waals surface area contributed by atoms with E-state index >= 15 is 0 Å². The van der Waals surface area contributed by atoms with Crippen LogP contribution in [0.1, 0.15) is 30.0 Å². The van der Waals surface area contributed by atoms with E-state index in [-0.39, 0.29) is 30.7 Å². The van der Waals surface area contributed by atoms with E-state index in [1.807, 2.05) is 24.3 Å². The molecule has 9 nitrogen and oxygen atoms in total. The summed E-state index contributed by atoms with van der Waals surface area (Å²) < 4.78 is 13.5. The van der Waals surface area contributed by atoms with Crippen LogP contribution in [0.5, 0.6) is 11.5 Å². The lowest BCUT2D eigenvalue weighted by Crippen LogP contribution is -2.34. The van der Waals surface area contributed by atoms with Crippen LogP contribution in [-0.4, -0.2) is 32.3 Å². The number of benzene rings is 2. The van der Waals surface area contributed by atoms with E-state index in [0.717, 1.165) is 24.1 Å². The number of ether oxygens (including phenoxy) is 2. The van der Waals surface area contributed by atoms with Gasteiger partial charge in [0.1, 0.15) is 12.1 Å². The lowest BCUT2D eigenvalue weighted by atomic mass is 10.2. The van der Waals surface area contributed by atoms with Crippen LogP contribution in [0.2, 0.25) is 5.02 Å². The summed E-state index contributed by atoms with van der Waals surface area (Å²) in [6.07, 6.45) is 3.67. The molecule has 4 aromatic rings. The molecule has 1 N–H and O–H groups in total. The summed E-state index contributed by atoms with van der Waals surface area (Å²) >= 11 is 6.16. The van der Waals surface area contributed by atoms with Crippen molar-refractivity contribution >= 4 is 28.4 Å². The van der Waals surface area contributed by atoms with Crippen molar-refractivity contribution in [3.8, 4) is 17.2 Å². The minimum absolute atomic E-state index is 0.192. The molecule has 10 heteroatoms. The van der Waals surface area contributed by atoms with Gasteiger partial charge < -0.3 is 14.8 Å². The number of rotatable bonds is 6. The number of hydrogen-bond donors (Lipinski definition) is 1. The molecule has 2 aromatic carbocycles. The van der Waals surface area contributed by atoms with Gasteiger partial charge in [-0.05, 0) is 48.7 Å². The van der Waals surface area contributed by atoms with Crippen LogP contribution in [0.4, 0.5) is 0 Å². The highest BCUT2D eigenvalue weighted by Crippen LogP contribution is 2.41. The molecule has 2 aromatic heterocycles. The predicted molar refractivity (Wildman–Crippen MR) is 125 cm³/mol. The van der Waals surface area contributed by atoms with Crippen LogP contribution in [0, 0.1) is 0 Å². The Kier molecular flexibility index (Phi) is 4.99. The summed E-state index contributed by atoms with van der Waals surface area (Å²) in [6, 6.07) is 12.6. The smallest absolute Gasteiger partial charge is 0.293 e. The van der Waals surface area contributed by atoms with E-state index in [2.05, 4.69) is 15.5 Å². The molecule has 1 amide bonds. The number of halogens is 1. The highest BCUT2D eigenvalue weighted by molar-refractivity contribution is 6.30. The summed E-state index contributed by atoms with van der Waals surface area (Å²) in [7, 11) is 0. The number of nitrogens with zero attached hydrogens (tertiary/aromatic N) is 4. The van der Waals surface area contributed by atoms with Crippen LogP contribution < -0.4 is 20.3 Å². The van der Waals surface area contributed by atoms with E-state index in [1.165, 1.54) is 4.68 Å². The highest BCUT2D eigenvalue weighted by atomic mass is 35.5. The van der Waals surface area contributed by atoms with Crippen molar-refractivity contribution < 1.29 is 14.3 Å². The molecule has 0 saturated heterocycles. The number of hydrogen-bond acceptors (Lipinski definition) is 6. The van der Waals surface area contributed by atoms with Gasteiger partial charge in [-0.25, -0.2) is 9.36 Å². The Morgan fingerprint density at radius 1 is 1.15 bits per heavy atom. The molecular formula is C24H20ClN5O4. The Morgan fingerprint density at radius 3 is 2.82 bits per heavy atom. The van der Waals surface area contributed by atoms with Crippen molar-refractivity contribution in [3.05, 3.63) is 75.3 Å². The maximum atomic E-state index is 13.4. The van der Waals surface area contributed by atoms with Gasteiger partial charge in [0.05, 0.1) is 17.6 Å². The summed E-state index contributed by atoms with van der Waals surface area (Å²) in [5.41, 5.74) is 2.35. The standard InChI is InChI=1S/C24H20ClN5O4/c25-16-2-1-3-17(9-16)30-23-18(11-27-30)22(15-5-6-15)28-29(24(23)32)12-21(31)26-10-14-4-7-19-20(8-14)34-13-33-19/h1-4,7-9,11,15H,5-6,10,12-13H2,(H,26,31). The van der Waals surface area contributed by atoms with Crippen LogP contribution in [0.3, 0.4) is 0 Å². The second-order valence-electron chi connectivity index (χ2n) is 8.39. The molecule has 0 spiro atoms. The third-order valence-electron chi connectivity index (χ3n) is 5.95. The van der Waals surface area contributed by atoms with Gasteiger partial charge in [-0.15, -0.1) is 0 Å². The van der Waals surface area contributed by atoms with Gasteiger partial charge in [0.2, 0.25) is 12.7 Å². The van der Waals surface area contributed by atoms with E-state index in [4.69, 9.17) is 21.1 Å². The topological polar surface area (TPSA) is 100 Å². The molecule has 34 heavy (non-hydrogen) atoms. The minimum Gasteiger partial charge on any atom is -0.454 e. The molecule has 1 fully saturated rings. The van der Waals surface area contributed by atoms with Crippen LogP contribution in [0.25, 0.3) is 16.6 Å². The van der Waals surface area contributed by atoms with Crippen LogP contribution in [-0.2, 0) is 17.9 Å². The second kappa shape index (κ2) is 8.18. The molecule has 0 atom stereocenters. The second-order valence-corrected chi connectivity index (χ2v) is 8.82. The van der Waals surface area contributed by atoms with Crippen LogP contribution >= 0.6 is 11.6 Å². The van der Waals surface area contributed by atoms with Crippen molar-refractivity contribution in [1.29, 1.82) is 0 Å². The van der Waals surface area contributed by atoms with Gasteiger partial charge in [0, 0.05) is 22.9 Å². The van der Waals surface area contributed by atoms with E-state index in [1.54, 1.807) is 29.1 Å². The van der Waals surface area contributed by atoms with Gasteiger partial charge in [-0.2, -0.15) is 10.2 Å². The summed E-state index contributed by atoms with van der Waals surface area (Å²) in [6.45, 7) is 0.291. The van der Waals surface area contributed by atoms with Gasteiger partial charge >= 0.3 is 0 Å². The molecular weight excluding hydrogens is 458 g/mol. The average Bonchev–Trinajstić information content (AvgIpc) is 3.39. The summed E-state index contributed by atoms with van der Waals surface area (Å²) in [5.74, 6) is 1.28. The molecule has 1 aliphatic heterocycles. The lowest BCUT2D eigenvalue weighted by molar-refractivity contribution is -0.122. The van der Waals surface area contributed by atoms with Gasteiger partial charge in [-0.3, -0.25) is 9.59 Å². The van der Waals surface area contributed by atoms with E-state index in [9.17, 15) is 9.59 Å². The molecule has 172 valence electrons. The number of aromatic nitrogens is 4. The first kappa shape index (κ1) is 20.7. The maximum Gasteiger partial charge on any atom is 0.293 e. The van der Waals surface area contributed by atoms with Crippen molar-refractivity contribution in [3.63, 3.8) is 0 Å². The molecule has 2 aliphatic rings. The zero-order chi connectivity index (χ0) is 23.2. The Balaban J connectivity index is 1.30. The molecule has 0 bridgehead atoms. The zero-order valence-electron chi connectivity index (χ0n) is 18.0. The highest BCUT2D eigenvalue weighted by Gasteiger charge is 2.30. The minimum atomic E-state index is -0.380. The van der Waals surface area contributed by atoms with Gasteiger partial charge in [-0.1, -0.05) is 23.7 Å². The third kappa shape index (κ3) is 3.77. The van der Waals surface area contributed by atoms with Crippen molar-refractivity contribution in [2.24, 2.45) is 0 Å². The van der Waals surface area contributed by atoms with E-state index in [0.29, 0.717) is 39.7 Å². The van der Waals surface area contributed by atoms with Crippen molar-refractivity contribution in [1.82, 2.24) is 24.9 Å². The fourth-order valence-corrected chi connectivity index (χ4v) is 4.29. The first-order valence-electron chi connectivity index (χ1n) is 11.0. The summed E-state index contributed by atoms with van der Waals surface area (Å²) in [5, 5.41) is 13.1. The monoisotopic (exact) mass is 477 g/mol. The van der Waals surface area contributed by atoms with Gasteiger partial charge in [0.15, 0.2) is 11.5 Å². The Labute approximate surface area is 198 Å². The fourth-order valence-electron chi connectivity index (χ4n) is 4.11. The number of fused-ring (bicyclic) bond motifs is 2. The van der Waals surface area contributed by atoms with Crippen molar-refractivity contribution in [2.45, 2.75) is 31.8 Å². The maximum absolute atomic E-state index is 13.4. The van der Waals surface area contributed by atoms with Crippen molar-refractivity contribution in [2.75, 3.05) is 6.79 Å². The normalized spacial score (nSPS) is 14.5. The Morgan fingerprint density at radius 2 is 2.00 bits per heavy atom. The van der Waals surface area contributed by atoms with Gasteiger partial charge in [0.25, 0.3) is 5.56 Å². The first-order chi connectivity index (χ1) is 16.6. The number of nitrogens with one attached hydrogen (secondary N) is 1. The predicted octanol–water partition coefficient (Wildman–Crippen LogP) is 3.16. The lowest BCUT2D eigenvalue weighted by Gasteiger charge is -2.11. The Bertz CT molecular complexity index is 1490. The number of amides is 1. The summed E-state index contributed by atoms with van der Waals surface area (Å²) in [4.78, 5) is 26.1. The SMILES string of the molecule is O=C(Cn1nc(C2CC2)c2cnn(-c3cccc(Cl)c3)c2c1=O)NCc1ccc2c(c1)OCO2. The Hall–Kier alpha value is -3.85. The molecule has 6 rings (SSSR count). The number of carbonyl (C=O) groups is 1. The largest absolute Gasteiger partial charge is 0.454 e. The quantitative estimate of drug-likeness (QED) is 0.458. The fraction of sp³-hybridized carbons (Fsp3) is 0.250. The zero-order valence-corrected chi connectivity index (χ0v) is 18.8. The number of carbonyl (C=O) groups excluding carboxylic acids is 1. The molecule has 1 aliphatic carbocycles. The molecule has 0 radical (unpaired) electrons. The molecule has 3 heterocycles. The van der Waals surface area contributed by atoms with E-state index < -0.39 is 0 Å². The third-order valence-corrected chi connectivity index (χ3v) is 6.18. The molecule has 1 saturated carbocycles. The first-order valence-corrected chi connectivity index (χ1v) is 11.3. The van der Waals surface area contributed by atoms with Crippen LogP contribution in [0.15, 0.2) is 53.5 Å².